The lowest BCUT2D eigenvalue weighted by molar-refractivity contribution is -0.120. The average Bonchev–Trinajstić information content (AvgIpc) is 2.24. The van der Waals surface area contributed by atoms with Gasteiger partial charge in [0.05, 0.1) is 24.8 Å². The van der Waals surface area contributed by atoms with E-state index in [1.807, 2.05) is 0 Å². The highest BCUT2D eigenvalue weighted by molar-refractivity contribution is 6.32. The van der Waals surface area contributed by atoms with Gasteiger partial charge in [-0.25, -0.2) is 0 Å². The summed E-state index contributed by atoms with van der Waals surface area (Å²) in [5, 5.41) is 0.474. The Bertz CT molecular complexity index is 438. The van der Waals surface area contributed by atoms with Crippen molar-refractivity contribution in [2.45, 2.75) is 13.8 Å². The van der Waals surface area contributed by atoms with Crippen LogP contribution in [0.3, 0.4) is 0 Å². The molecule has 0 bridgehead atoms. The molecule has 2 rings (SSSR count). The summed E-state index contributed by atoms with van der Waals surface area (Å²) in [6.07, 6.45) is 0. The van der Waals surface area contributed by atoms with Crippen LogP contribution in [0.2, 0.25) is 5.02 Å². The maximum Gasteiger partial charge on any atom is 0.159 e. The second-order valence-corrected chi connectivity index (χ2v) is 5.20. The summed E-state index contributed by atoms with van der Waals surface area (Å²) in [6.45, 7) is 5.63. The molecule has 4 heteroatoms. The number of hydrogen-bond acceptors (Lipinski definition) is 3. The van der Waals surface area contributed by atoms with Crippen LogP contribution in [0.25, 0.3) is 0 Å². The van der Waals surface area contributed by atoms with Crippen molar-refractivity contribution >= 4 is 17.4 Å². The molecule has 1 fully saturated rings. The number of carbonyl (C=O) groups excluding carboxylic acids is 1. The number of ether oxygens (including phenoxy) is 2. The van der Waals surface area contributed by atoms with E-state index in [2.05, 4.69) is 6.92 Å². The summed E-state index contributed by atoms with van der Waals surface area (Å²) >= 11 is 6.06. The van der Waals surface area contributed by atoms with E-state index in [4.69, 9.17) is 21.1 Å². The minimum atomic E-state index is -0.00203. The Morgan fingerprint density at radius 2 is 2.24 bits per heavy atom. The number of benzene rings is 1. The van der Waals surface area contributed by atoms with Crippen molar-refractivity contribution in [3.8, 4) is 5.75 Å². The van der Waals surface area contributed by atoms with E-state index >= 15 is 0 Å². The molecule has 1 saturated heterocycles. The fourth-order valence-corrected chi connectivity index (χ4v) is 1.86. The van der Waals surface area contributed by atoms with Gasteiger partial charge in [0.15, 0.2) is 5.78 Å². The van der Waals surface area contributed by atoms with Crippen molar-refractivity contribution in [2.75, 3.05) is 19.8 Å². The van der Waals surface area contributed by atoms with Gasteiger partial charge < -0.3 is 9.47 Å². The fourth-order valence-electron chi connectivity index (χ4n) is 1.62. The first kappa shape index (κ1) is 12.4. The number of rotatable bonds is 4. The molecule has 0 aliphatic carbocycles. The summed E-state index contributed by atoms with van der Waals surface area (Å²) in [7, 11) is 0. The number of carbonyl (C=O) groups is 1. The second-order valence-electron chi connectivity index (χ2n) is 4.79. The van der Waals surface area contributed by atoms with Crippen LogP contribution in [0.1, 0.15) is 24.2 Å². The molecule has 1 heterocycles. The van der Waals surface area contributed by atoms with Gasteiger partial charge >= 0.3 is 0 Å². The summed E-state index contributed by atoms with van der Waals surface area (Å²) in [5.41, 5.74) is 0.684. The predicted octanol–water partition coefficient (Wildman–Crippen LogP) is 2.96. The Kier molecular flexibility index (Phi) is 3.40. The van der Waals surface area contributed by atoms with Gasteiger partial charge in [0.2, 0.25) is 0 Å². The Morgan fingerprint density at radius 1 is 1.53 bits per heavy atom. The molecule has 0 radical (unpaired) electrons. The minimum Gasteiger partial charge on any atom is -0.491 e. The molecule has 92 valence electrons. The van der Waals surface area contributed by atoms with E-state index in [0.717, 1.165) is 13.2 Å². The summed E-state index contributed by atoms with van der Waals surface area (Å²) in [6, 6.07) is 5.10. The number of hydrogen-bond donors (Lipinski definition) is 0. The Morgan fingerprint density at radius 3 is 2.71 bits per heavy atom. The maximum atomic E-state index is 11.2. The molecule has 0 N–H and O–H groups in total. The highest BCUT2D eigenvalue weighted by Gasteiger charge is 2.34. The van der Waals surface area contributed by atoms with Gasteiger partial charge in [-0.2, -0.15) is 0 Å². The van der Waals surface area contributed by atoms with Crippen molar-refractivity contribution in [3.05, 3.63) is 28.8 Å². The van der Waals surface area contributed by atoms with Crippen LogP contribution in [-0.4, -0.2) is 25.6 Å². The molecule has 17 heavy (non-hydrogen) atoms. The van der Waals surface area contributed by atoms with Crippen LogP contribution < -0.4 is 4.74 Å². The first-order chi connectivity index (χ1) is 8.00. The summed E-state index contributed by atoms with van der Waals surface area (Å²) in [4.78, 5) is 11.2. The standard InChI is InChI=1S/C13H15ClO3/c1-9(15)10-3-4-12(11(14)5-10)17-8-13(2)6-16-7-13/h3-5H,6-8H2,1-2H3. The lowest BCUT2D eigenvalue weighted by Gasteiger charge is -2.37. The molecule has 0 saturated carbocycles. The first-order valence-electron chi connectivity index (χ1n) is 5.51. The number of halogens is 1. The van der Waals surface area contributed by atoms with E-state index in [-0.39, 0.29) is 11.2 Å². The largest absolute Gasteiger partial charge is 0.491 e. The lowest BCUT2D eigenvalue weighted by atomic mass is 9.90. The van der Waals surface area contributed by atoms with Crippen molar-refractivity contribution in [3.63, 3.8) is 0 Å². The number of ketones is 1. The SMILES string of the molecule is CC(=O)c1ccc(OCC2(C)COC2)c(Cl)c1. The van der Waals surface area contributed by atoms with Crippen molar-refractivity contribution in [2.24, 2.45) is 5.41 Å². The average molecular weight is 255 g/mol. The molecular weight excluding hydrogens is 240 g/mol. The van der Waals surface area contributed by atoms with Crippen molar-refractivity contribution in [1.82, 2.24) is 0 Å². The van der Waals surface area contributed by atoms with Gasteiger partial charge in [-0.1, -0.05) is 18.5 Å². The molecule has 1 aromatic carbocycles. The highest BCUT2D eigenvalue weighted by Crippen LogP contribution is 2.31. The van der Waals surface area contributed by atoms with Crippen LogP contribution in [0.5, 0.6) is 5.75 Å². The zero-order chi connectivity index (χ0) is 12.5. The van der Waals surface area contributed by atoms with E-state index in [9.17, 15) is 4.79 Å². The van der Waals surface area contributed by atoms with Gasteiger partial charge in [-0.15, -0.1) is 0 Å². The van der Waals surface area contributed by atoms with Crippen LogP contribution in [-0.2, 0) is 4.74 Å². The normalized spacial score (nSPS) is 17.4. The van der Waals surface area contributed by atoms with Crippen LogP contribution in [0.4, 0.5) is 0 Å². The summed E-state index contributed by atoms with van der Waals surface area (Å²) < 4.78 is 10.8. The molecule has 0 atom stereocenters. The highest BCUT2D eigenvalue weighted by atomic mass is 35.5. The van der Waals surface area contributed by atoms with Crippen LogP contribution in [0.15, 0.2) is 18.2 Å². The third-order valence-corrected chi connectivity index (χ3v) is 3.11. The van der Waals surface area contributed by atoms with Gasteiger partial charge in [0, 0.05) is 11.0 Å². The quantitative estimate of drug-likeness (QED) is 0.775. The van der Waals surface area contributed by atoms with Crippen LogP contribution >= 0.6 is 11.6 Å². The minimum absolute atomic E-state index is 0.00203. The Balaban J connectivity index is 2.03. The molecule has 1 aliphatic heterocycles. The zero-order valence-electron chi connectivity index (χ0n) is 9.96. The second kappa shape index (κ2) is 4.67. The Hall–Kier alpha value is -1.06. The third-order valence-electron chi connectivity index (χ3n) is 2.82. The van der Waals surface area contributed by atoms with Gasteiger partial charge in [-0.05, 0) is 25.1 Å². The van der Waals surface area contributed by atoms with E-state index < -0.39 is 0 Å². The smallest absolute Gasteiger partial charge is 0.159 e. The fraction of sp³-hybridized carbons (Fsp3) is 0.462. The topological polar surface area (TPSA) is 35.5 Å². The van der Waals surface area contributed by atoms with Gasteiger partial charge in [-0.3, -0.25) is 4.79 Å². The number of Topliss-reactive ketones (excluding diaryl/α,β-unsaturated/α-hetero) is 1. The summed E-state index contributed by atoms with van der Waals surface area (Å²) in [5.74, 6) is 0.614. The van der Waals surface area contributed by atoms with E-state index in [1.165, 1.54) is 6.92 Å². The maximum absolute atomic E-state index is 11.2. The predicted molar refractivity (Wildman–Crippen MR) is 65.9 cm³/mol. The first-order valence-corrected chi connectivity index (χ1v) is 5.89. The molecule has 0 amide bonds. The third kappa shape index (κ3) is 2.79. The van der Waals surface area contributed by atoms with Crippen molar-refractivity contribution in [1.29, 1.82) is 0 Å². The molecule has 3 nitrogen and oxygen atoms in total. The molecular formula is C13H15ClO3. The molecule has 0 unspecified atom stereocenters. The zero-order valence-corrected chi connectivity index (χ0v) is 10.7. The lowest BCUT2D eigenvalue weighted by Crippen LogP contribution is -2.44. The molecule has 1 aliphatic rings. The van der Waals surface area contributed by atoms with E-state index in [0.29, 0.717) is 22.9 Å². The molecule has 0 spiro atoms. The molecule has 0 aromatic heterocycles. The molecule has 1 aromatic rings. The van der Waals surface area contributed by atoms with Crippen molar-refractivity contribution < 1.29 is 14.3 Å². The van der Waals surface area contributed by atoms with Crippen LogP contribution in [0, 0.1) is 5.41 Å². The van der Waals surface area contributed by atoms with E-state index in [1.54, 1.807) is 18.2 Å². The van der Waals surface area contributed by atoms with Gasteiger partial charge in [0.1, 0.15) is 5.75 Å². The van der Waals surface area contributed by atoms with Gasteiger partial charge in [0.25, 0.3) is 0 Å². The monoisotopic (exact) mass is 254 g/mol. The Labute approximate surface area is 106 Å².